The number of hydrogen-bond acceptors (Lipinski definition) is 2. The molecule has 6 nitrogen and oxygen atoms in total. The molecule has 0 atom stereocenters. The third-order valence-corrected chi connectivity index (χ3v) is 17.2. The molecule has 0 bridgehead atoms. The molecular formula is C78H63N5OPt-2. The maximum absolute atomic E-state index is 6.94. The standard InChI is InChI=1S/C78H63N5O.Pt/c1-76(2,3)50-35-33-49(34-36-50)65-41-52(78(7,8)9)42-66-59-25-12-10-23-57(59)58-24-11-13-26-60(58)67-45-54(82-68-30-17-14-27-61(68)62-28-15-18-31-69(62)82)46-72-75(67)81(74(65)66)48-80(72)53-21-20-22-55(44-53)84-56-37-38-64-63-29-16-19-32-70(63)83(71(64)47-56)73-43-51(39-40-79-73)77(4,5)6;/h10-43,45-46H,1-9H3;/q-2;. The van der Waals surface area contributed by atoms with Crippen molar-refractivity contribution in [1.29, 1.82) is 0 Å². The van der Waals surface area contributed by atoms with Gasteiger partial charge in [-0.15, -0.1) is 29.7 Å². The first-order valence-electron chi connectivity index (χ1n) is 29.2. The summed E-state index contributed by atoms with van der Waals surface area (Å²) in [6, 6.07) is 84.9. The number of hydrogen-bond donors (Lipinski definition) is 0. The second kappa shape index (κ2) is 20.0. The maximum atomic E-state index is 6.94. The Morgan fingerprint density at radius 2 is 0.953 bits per heavy atom. The van der Waals surface area contributed by atoms with E-state index in [9.17, 15) is 0 Å². The van der Waals surface area contributed by atoms with Crippen LogP contribution in [-0.2, 0) is 37.3 Å². The van der Waals surface area contributed by atoms with E-state index in [1.54, 1.807) is 0 Å². The molecule has 0 aliphatic carbocycles. The van der Waals surface area contributed by atoms with Crippen LogP contribution in [-0.4, -0.2) is 18.7 Å². The van der Waals surface area contributed by atoms with E-state index in [1.165, 1.54) is 33.0 Å². The number of aromatic nitrogens is 5. The van der Waals surface area contributed by atoms with Crippen molar-refractivity contribution in [2.75, 3.05) is 0 Å². The van der Waals surface area contributed by atoms with Crippen LogP contribution in [0, 0.1) is 18.5 Å². The predicted octanol–water partition coefficient (Wildman–Crippen LogP) is 19.6. The van der Waals surface area contributed by atoms with Gasteiger partial charge in [-0.2, -0.15) is 18.2 Å². The van der Waals surface area contributed by atoms with Crippen LogP contribution in [0.4, 0.5) is 0 Å². The van der Waals surface area contributed by atoms with E-state index in [0.29, 0.717) is 11.5 Å². The first kappa shape index (κ1) is 53.9. The Labute approximate surface area is 511 Å². The molecular weight excluding hydrogens is 1220 g/mol. The fourth-order valence-electron chi connectivity index (χ4n) is 12.8. The van der Waals surface area contributed by atoms with E-state index in [0.717, 1.165) is 106 Å². The minimum Gasteiger partial charge on any atom is -0.510 e. The third-order valence-electron chi connectivity index (χ3n) is 17.2. The summed E-state index contributed by atoms with van der Waals surface area (Å²) in [5, 5.41) is 4.60. The largest absolute Gasteiger partial charge is 0.510 e. The van der Waals surface area contributed by atoms with Crippen LogP contribution in [0.3, 0.4) is 0 Å². The summed E-state index contributed by atoms with van der Waals surface area (Å²) >= 11 is 0. The topological polar surface area (TPSA) is 40.8 Å². The molecule has 1 aliphatic heterocycles. The van der Waals surface area contributed by atoms with Gasteiger partial charge in [-0.25, -0.2) is 4.98 Å². The fourth-order valence-corrected chi connectivity index (χ4v) is 12.8. The minimum atomic E-state index is -0.173. The summed E-state index contributed by atoms with van der Waals surface area (Å²) in [6.45, 7) is 20.5. The molecule has 14 aromatic rings. The van der Waals surface area contributed by atoms with Crippen LogP contribution < -0.4 is 9.30 Å². The monoisotopic (exact) mass is 1280 g/mol. The van der Waals surface area contributed by atoms with Crippen LogP contribution in [0.25, 0.3) is 122 Å². The van der Waals surface area contributed by atoms with Crippen molar-refractivity contribution < 1.29 is 30.4 Å². The molecule has 0 fully saturated rings. The summed E-state index contributed by atoms with van der Waals surface area (Å²) in [6.07, 6.45) is 6.01. The first-order valence-corrected chi connectivity index (χ1v) is 29.2. The van der Waals surface area contributed by atoms with Gasteiger partial charge in [0.2, 0.25) is 0 Å². The SMILES string of the molecule is CC(C)(C)c1ccc(-c2cc(C(C)(C)C)cc3c2-[n+]2[c-]n(-c4[c-]c(Oc5[c-]c6c(cc5)c5ccccc5n6-c5cc(C(C)(C)C)ccn5)ccc4)c4cc(-n5c6ccccc6c6ccccc65)cc(c42)-c2ccccc2-c2ccccc2-3)cc1.[Pt]. The van der Waals surface area contributed by atoms with Gasteiger partial charge in [-0.05, 0) is 131 Å². The molecule has 4 aromatic heterocycles. The number of pyridine rings is 1. The fraction of sp³-hybridized carbons (Fsp3) is 0.154. The Bertz CT molecular complexity index is 4940. The number of imidazole rings is 1. The van der Waals surface area contributed by atoms with Crippen LogP contribution in [0.2, 0.25) is 0 Å². The van der Waals surface area contributed by atoms with Gasteiger partial charge in [0.25, 0.3) is 6.33 Å². The van der Waals surface area contributed by atoms with Gasteiger partial charge >= 0.3 is 0 Å². The summed E-state index contributed by atoms with van der Waals surface area (Å²) in [5.41, 5.74) is 21.6. The van der Waals surface area contributed by atoms with Crippen molar-refractivity contribution in [3.63, 3.8) is 0 Å². The number of ether oxygens (including phenoxy) is 1. The average molecular weight is 1280 g/mol. The Balaban J connectivity index is 0.00000640. The van der Waals surface area contributed by atoms with Crippen LogP contribution in [0.1, 0.15) is 79.0 Å². The van der Waals surface area contributed by atoms with Gasteiger partial charge in [-0.3, -0.25) is 4.57 Å². The molecule has 10 aromatic carbocycles. The van der Waals surface area contributed by atoms with Crippen LogP contribution >= 0.6 is 0 Å². The number of para-hydroxylation sites is 3. The van der Waals surface area contributed by atoms with E-state index in [2.05, 4.69) is 299 Å². The molecule has 0 N–H and O–H groups in total. The summed E-state index contributed by atoms with van der Waals surface area (Å²) in [5.74, 6) is 1.96. The van der Waals surface area contributed by atoms with Gasteiger partial charge in [0.1, 0.15) is 5.82 Å². The van der Waals surface area contributed by atoms with Gasteiger partial charge in [-0.1, -0.05) is 207 Å². The van der Waals surface area contributed by atoms with Gasteiger partial charge < -0.3 is 18.4 Å². The Morgan fingerprint density at radius 3 is 1.58 bits per heavy atom. The Hall–Kier alpha value is -9.09. The molecule has 0 radical (unpaired) electrons. The Kier molecular flexibility index (Phi) is 12.7. The van der Waals surface area contributed by atoms with Crippen molar-refractivity contribution in [2.45, 2.75) is 78.6 Å². The Morgan fingerprint density at radius 1 is 0.412 bits per heavy atom. The minimum absolute atomic E-state index is 0. The number of benzene rings is 10. The number of fused-ring (bicyclic) bond motifs is 13. The smallest absolute Gasteiger partial charge is 0.268 e. The second-order valence-corrected chi connectivity index (χ2v) is 25.7. The van der Waals surface area contributed by atoms with E-state index < -0.39 is 0 Å². The van der Waals surface area contributed by atoms with Gasteiger partial charge in [0.05, 0.1) is 27.8 Å². The van der Waals surface area contributed by atoms with Crippen LogP contribution in [0.5, 0.6) is 11.5 Å². The normalized spacial score (nSPS) is 12.4. The van der Waals surface area contributed by atoms with Crippen molar-refractivity contribution in [3.8, 4) is 78.9 Å². The molecule has 85 heavy (non-hydrogen) atoms. The molecule has 15 rings (SSSR count). The molecule has 418 valence electrons. The predicted molar refractivity (Wildman–Crippen MR) is 346 cm³/mol. The molecule has 5 heterocycles. The summed E-state index contributed by atoms with van der Waals surface area (Å²) < 4.78 is 16.1. The zero-order chi connectivity index (χ0) is 57.4. The average Bonchev–Trinajstić information content (AvgIpc) is 1.70. The molecule has 1 aliphatic rings. The number of rotatable bonds is 6. The molecule has 0 saturated heterocycles. The first-order chi connectivity index (χ1) is 40.5. The van der Waals surface area contributed by atoms with E-state index in [4.69, 9.17) is 9.72 Å². The van der Waals surface area contributed by atoms with E-state index >= 15 is 0 Å². The van der Waals surface area contributed by atoms with Crippen molar-refractivity contribution in [2.24, 2.45) is 0 Å². The molecule has 0 saturated carbocycles. The molecule has 0 spiro atoms. The molecule has 0 amide bonds. The van der Waals surface area contributed by atoms with Crippen molar-refractivity contribution >= 4 is 54.6 Å². The van der Waals surface area contributed by atoms with Crippen molar-refractivity contribution in [1.82, 2.24) is 18.7 Å². The third kappa shape index (κ3) is 8.95. The summed E-state index contributed by atoms with van der Waals surface area (Å²) in [4.78, 5) is 4.94. The van der Waals surface area contributed by atoms with E-state index in [1.807, 2.05) is 18.3 Å². The van der Waals surface area contributed by atoms with Crippen LogP contribution in [0.15, 0.2) is 219 Å². The number of nitrogens with zero attached hydrogens (tertiary/aromatic N) is 5. The zero-order valence-electron chi connectivity index (χ0n) is 49.2. The molecule has 0 unspecified atom stereocenters. The van der Waals surface area contributed by atoms with Gasteiger partial charge in [0, 0.05) is 60.7 Å². The van der Waals surface area contributed by atoms with E-state index in [-0.39, 0.29) is 37.3 Å². The quantitative estimate of drug-likeness (QED) is 0.123. The zero-order valence-corrected chi connectivity index (χ0v) is 51.5. The summed E-state index contributed by atoms with van der Waals surface area (Å²) in [7, 11) is 0. The van der Waals surface area contributed by atoms with Crippen molar-refractivity contribution in [3.05, 3.63) is 254 Å². The molecule has 7 heteroatoms. The maximum Gasteiger partial charge on any atom is 0.268 e. The second-order valence-electron chi connectivity index (χ2n) is 25.7. The van der Waals surface area contributed by atoms with Gasteiger partial charge in [0.15, 0.2) is 0 Å².